The van der Waals surface area contributed by atoms with Gasteiger partial charge >= 0.3 is 12.0 Å². The summed E-state index contributed by atoms with van der Waals surface area (Å²) in [6, 6.07) is -0.478. The first-order valence-corrected chi connectivity index (χ1v) is 8.35. The molecule has 8 nitrogen and oxygen atoms in total. The van der Waals surface area contributed by atoms with Gasteiger partial charge in [0.05, 0.1) is 5.75 Å². The highest BCUT2D eigenvalue weighted by Gasteiger charge is 2.18. The molecule has 0 aromatic rings. The highest BCUT2D eigenvalue weighted by atomic mass is 32.2. The molecule has 2 N–H and O–H groups in total. The van der Waals surface area contributed by atoms with Gasteiger partial charge in [0, 0.05) is 39.6 Å². The number of hydrogen-bond acceptors (Lipinski definition) is 4. The average molecular weight is 323 g/mol. The number of hydrogen-bond donors (Lipinski definition) is 2. The number of carbonyl (C=O) groups excluding carboxylic acids is 1. The summed E-state index contributed by atoms with van der Waals surface area (Å²) in [4.78, 5) is 23.9. The van der Waals surface area contributed by atoms with Crippen LogP contribution < -0.4 is 5.32 Å². The molecule has 9 heteroatoms. The molecule has 21 heavy (non-hydrogen) atoms. The van der Waals surface area contributed by atoms with E-state index in [1.807, 2.05) is 13.8 Å². The predicted molar refractivity (Wildman–Crippen MR) is 79.6 cm³/mol. The summed E-state index contributed by atoms with van der Waals surface area (Å²) in [7, 11) is -0.478. The van der Waals surface area contributed by atoms with E-state index in [2.05, 4.69) is 5.32 Å². The first kappa shape index (κ1) is 19.7. The molecule has 0 aliphatic carbocycles. The van der Waals surface area contributed by atoms with Crippen LogP contribution in [0.2, 0.25) is 0 Å². The number of amides is 2. The van der Waals surface area contributed by atoms with Crippen LogP contribution in [0.15, 0.2) is 0 Å². The molecule has 0 aliphatic rings. The Hall–Kier alpha value is -1.35. The molecule has 0 aliphatic heterocycles. The van der Waals surface area contributed by atoms with Crippen LogP contribution in [0.1, 0.15) is 26.7 Å². The van der Waals surface area contributed by atoms with Crippen LogP contribution in [0.3, 0.4) is 0 Å². The third-order valence-corrected chi connectivity index (χ3v) is 4.70. The Morgan fingerprint density at radius 1 is 1.24 bits per heavy atom. The van der Waals surface area contributed by atoms with Crippen molar-refractivity contribution in [2.75, 3.05) is 32.9 Å². The molecule has 0 saturated heterocycles. The molecule has 0 spiro atoms. The fraction of sp³-hybridized carbons (Fsp3) is 0.833. The highest BCUT2D eigenvalue weighted by molar-refractivity contribution is 7.89. The summed E-state index contributed by atoms with van der Waals surface area (Å²) >= 11 is 0. The summed E-state index contributed by atoms with van der Waals surface area (Å²) in [5.74, 6) is -1.08. The number of carboxylic acids is 1. The predicted octanol–water partition coefficient (Wildman–Crippen LogP) is 0.163. The van der Waals surface area contributed by atoms with Crippen molar-refractivity contribution in [2.24, 2.45) is 0 Å². The van der Waals surface area contributed by atoms with Gasteiger partial charge in [-0.05, 0) is 20.3 Å². The fourth-order valence-electron chi connectivity index (χ4n) is 1.57. The highest BCUT2D eigenvalue weighted by Crippen LogP contribution is 2.03. The molecule has 0 saturated carbocycles. The van der Waals surface area contributed by atoms with E-state index >= 15 is 0 Å². The van der Waals surface area contributed by atoms with Gasteiger partial charge in [-0.15, -0.1) is 0 Å². The number of urea groups is 1. The van der Waals surface area contributed by atoms with Crippen LogP contribution in [-0.4, -0.2) is 73.7 Å². The number of carboxylic acid groups (broad SMARTS) is 1. The van der Waals surface area contributed by atoms with Gasteiger partial charge in [-0.1, -0.05) is 0 Å². The van der Waals surface area contributed by atoms with Gasteiger partial charge in [-0.3, -0.25) is 4.79 Å². The average Bonchev–Trinajstić information content (AvgIpc) is 2.33. The minimum Gasteiger partial charge on any atom is -0.481 e. The molecule has 2 amide bonds. The summed E-state index contributed by atoms with van der Waals surface area (Å²) < 4.78 is 24.2. The lowest BCUT2D eigenvalue weighted by Gasteiger charge is -2.27. The second kappa shape index (κ2) is 8.83. The first-order valence-electron chi connectivity index (χ1n) is 6.74. The van der Waals surface area contributed by atoms with Gasteiger partial charge in [0.15, 0.2) is 0 Å². The van der Waals surface area contributed by atoms with E-state index in [0.717, 1.165) is 4.31 Å². The molecule has 0 aromatic heterocycles. The van der Waals surface area contributed by atoms with E-state index in [1.54, 1.807) is 0 Å². The van der Waals surface area contributed by atoms with Gasteiger partial charge in [0.25, 0.3) is 0 Å². The lowest BCUT2D eigenvalue weighted by molar-refractivity contribution is -0.137. The minimum absolute atomic E-state index is 0.00842. The Morgan fingerprint density at radius 3 is 2.24 bits per heavy atom. The molecule has 0 atom stereocenters. The summed E-state index contributed by atoms with van der Waals surface area (Å²) in [5.41, 5.74) is 0. The van der Waals surface area contributed by atoms with E-state index in [9.17, 15) is 18.0 Å². The van der Waals surface area contributed by atoms with Crippen molar-refractivity contribution in [1.29, 1.82) is 0 Å². The first-order chi connectivity index (χ1) is 9.58. The quantitative estimate of drug-likeness (QED) is 0.628. The normalized spacial score (nSPS) is 11.7. The van der Waals surface area contributed by atoms with Gasteiger partial charge in [0.2, 0.25) is 10.0 Å². The van der Waals surface area contributed by atoms with Crippen molar-refractivity contribution >= 4 is 22.0 Å². The zero-order valence-corrected chi connectivity index (χ0v) is 13.8. The van der Waals surface area contributed by atoms with Gasteiger partial charge in [-0.25, -0.2) is 17.5 Å². The molecule has 0 radical (unpaired) electrons. The second-order valence-electron chi connectivity index (χ2n) is 5.11. The Labute approximate surface area is 126 Å². The van der Waals surface area contributed by atoms with E-state index in [-0.39, 0.29) is 30.8 Å². The topological polar surface area (TPSA) is 107 Å². The second-order valence-corrected chi connectivity index (χ2v) is 7.42. The van der Waals surface area contributed by atoms with Gasteiger partial charge in [0.1, 0.15) is 0 Å². The molecule has 0 bridgehead atoms. The minimum atomic E-state index is -3.35. The maximum absolute atomic E-state index is 12.0. The third kappa shape index (κ3) is 7.86. The van der Waals surface area contributed by atoms with Crippen molar-refractivity contribution in [2.45, 2.75) is 32.7 Å². The summed E-state index contributed by atoms with van der Waals surface area (Å²) in [6.45, 7) is 3.96. The number of sulfonamides is 1. The van der Waals surface area contributed by atoms with Crippen LogP contribution in [0, 0.1) is 0 Å². The summed E-state index contributed by atoms with van der Waals surface area (Å²) in [6.07, 6.45) is 0.350. The van der Waals surface area contributed by atoms with Crippen LogP contribution in [0.5, 0.6) is 0 Å². The monoisotopic (exact) mass is 323 g/mol. The number of aliphatic carboxylic acids is 1. The third-order valence-electron chi connectivity index (χ3n) is 2.87. The van der Waals surface area contributed by atoms with E-state index in [1.165, 1.54) is 19.0 Å². The Bertz CT molecular complexity index is 448. The molecular formula is C12H25N3O5S. The van der Waals surface area contributed by atoms with E-state index < -0.39 is 16.0 Å². The SMILES string of the molecule is CC(C)N(CCCC(=O)O)C(=O)NCCS(=O)(=O)N(C)C. The largest absolute Gasteiger partial charge is 0.481 e. The lowest BCUT2D eigenvalue weighted by atomic mass is 10.2. The molecule has 0 fully saturated rings. The fourth-order valence-corrected chi connectivity index (χ4v) is 2.29. The molecule has 0 heterocycles. The van der Waals surface area contributed by atoms with Gasteiger partial charge < -0.3 is 15.3 Å². The van der Waals surface area contributed by atoms with Crippen LogP contribution >= 0.6 is 0 Å². The van der Waals surface area contributed by atoms with Gasteiger partial charge in [-0.2, -0.15) is 0 Å². The molecule has 0 unspecified atom stereocenters. The lowest BCUT2D eigenvalue weighted by Crippen LogP contribution is -2.46. The van der Waals surface area contributed by atoms with Crippen molar-refractivity contribution < 1.29 is 23.1 Å². The van der Waals surface area contributed by atoms with Crippen molar-refractivity contribution in [1.82, 2.24) is 14.5 Å². The molecule has 0 rings (SSSR count). The molecule has 124 valence electrons. The molecular weight excluding hydrogens is 298 g/mol. The molecule has 0 aromatic carbocycles. The Kier molecular flexibility index (Phi) is 8.26. The summed E-state index contributed by atoms with van der Waals surface area (Å²) in [5, 5.41) is 11.1. The number of carbonyl (C=O) groups is 2. The van der Waals surface area contributed by atoms with Crippen LogP contribution in [-0.2, 0) is 14.8 Å². The standard InChI is InChI=1S/C12H25N3O5S/c1-10(2)15(8-5-6-11(16)17)12(18)13-7-9-21(19,20)14(3)4/h10H,5-9H2,1-4H3,(H,13,18)(H,16,17). The number of nitrogens with zero attached hydrogens (tertiary/aromatic N) is 2. The van der Waals surface area contributed by atoms with Crippen molar-refractivity contribution in [3.63, 3.8) is 0 Å². The van der Waals surface area contributed by atoms with Crippen molar-refractivity contribution in [3.05, 3.63) is 0 Å². The van der Waals surface area contributed by atoms with Crippen molar-refractivity contribution in [3.8, 4) is 0 Å². The zero-order chi connectivity index (χ0) is 16.6. The zero-order valence-electron chi connectivity index (χ0n) is 13.0. The smallest absolute Gasteiger partial charge is 0.317 e. The Morgan fingerprint density at radius 2 is 1.81 bits per heavy atom. The number of nitrogens with one attached hydrogen (secondary N) is 1. The maximum atomic E-state index is 12.0. The Balaban J connectivity index is 4.34. The maximum Gasteiger partial charge on any atom is 0.317 e. The van der Waals surface area contributed by atoms with Crippen LogP contribution in [0.25, 0.3) is 0 Å². The van der Waals surface area contributed by atoms with Crippen LogP contribution in [0.4, 0.5) is 4.79 Å². The van der Waals surface area contributed by atoms with E-state index in [0.29, 0.717) is 13.0 Å². The van der Waals surface area contributed by atoms with E-state index in [4.69, 9.17) is 5.11 Å². The number of rotatable bonds is 9.